The van der Waals surface area contributed by atoms with Crippen molar-refractivity contribution >= 4 is 11.8 Å². The number of aromatic nitrogens is 1. The van der Waals surface area contributed by atoms with E-state index in [1.807, 2.05) is 6.92 Å². The van der Waals surface area contributed by atoms with Gasteiger partial charge in [-0.25, -0.2) is 9.78 Å². The van der Waals surface area contributed by atoms with Crippen LogP contribution in [0.5, 0.6) is 0 Å². The van der Waals surface area contributed by atoms with Crippen molar-refractivity contribution in [2.75, 3.05) is 18.0 Å². The largest absolute Gasteiger partial charge is 0.478 e. The molecule has 1 unspecified atom stereocenters. The van der Waals surface area contributed by atoms with Crippen LogP contribution in [-0.4, -0.2) is 29.1 Å². The molecule has 1 aromatic rings. The van der Waals surface area contributed by atoms with Gasteiger partial charge in [0.25, 0.3) is 0 Å². The molecular formula is C16H24N2O2. The molecule has 0 spiro atoms. The molecule has 2 rings (SSSR count). The first-order valence-corrected chi connectivity index (χ1v) is 7.30. The third kappa shape index (κ3) is 3.11. The Morgan fingerprint density at radius 3 is 2.65 bits per heavy atom. The molecule has 0 saturated carbocycles. The Bertz CT molecular complexity index is 506. The fourth-order valence-corrected chi connectivity index (χ4v) is 2.71. The maximum Gasteiger partial charge on any atom is 0.335 e. The van der Waals surface area contributed by atoms with Gasteiger partial charge < -0.3 is 10.0 Å². The van der Waals surface area contributed by atoms with E-state index in [-0.39, 0.29) is 5.41 Å². The normalized spacial score (nSPS) is 19.4. The van der Waals surface area contributed by atoms with Gasteiger partial charge in [0.2, 0.25) is 0 Å². The number of carbonyl (C=O) groups is 1. The van der Waals surface area contributed by atoms with Gasteiger partial charge in [-0.05, 0) is 36.3 Å². The van der Waals surface area contributed by atoms with Gasteiger partial charge in [-0.15, -0.1) is 0 Å². The Kier molecular flexibility index (Phi) is 4.02. The highest BCUT2D eigenvalue weighted by Crippen LogP contribution is 2.35. The zero-order valence-electron chi connectivity index (χ0n) is 12.8. The Labute approximate surface area is 120 Å². The van der Waals surface area contributed by atoms with Crippen LogP contribution in [0.3, 0.4) is 0 Å². The number of pyridine rings is 1. The number of rotatable bonds is 3. The standard InChI is InChI=1S/C16H24N2O2/c1-5-13-8-11(15(19)20)9-14(17-13)18-7-6-12(10-18)16(2,3)4/h8-9,12H,5-7,10H2,1-4H3,(H,19,20). The Morgan fingerprint density at radius 1 is 1.45 bits per heavy atom. The van der Waals surface area contributed by atoms with Gasteiger partial charge in [0, 0.05) is 18.8 Å². The summed E-state index contributed by atoms with van der Waals surface area (Å²) in [6.45, 7) is 10.7. The fraction of sp³-hybridized carbons (Fsp3) is 0.625. The molecule has 110 valence electrons. The number of aryl methyl sites for hydroxylation is 1. The molecular weight excluding hydrogens is 252 g/mol. The summed E-state index contributed by atoms with van der Waals surface area (Å²) in [4.78, 5) is 18.0. The lowest BCUT2D eigenvalue weighted by molar-refractivity contribution is 0.0696. The zero-order valence-corrected chi connectivity index (χ0v) is 12.8. The van der Waals surface area contributed by atoms with Crippen LogP contribution in [0.1, 0.15) is 50.2 Å². The van der Waals surface area contributed by atoms with Crippen molar-refractivity contribution in [1.82, 2.24) is 4.98 Å². The van der Waals surface area contributed by atoms with Crippen molar-refractivity contribution in [3.63, 3.8) is 0 Å². The quantitative estimate of drug-likeness (QED) is 0.921. The van der Waals surface area contributed by atoms with E-state index < -0.39 is 5.97 Å². The van der Waals surface area contributed by atoms with Crippen LogP contribution in [0.25, 0.3) is 0 Å². The summed E-state index contributed by atoms with van der Waals surface area (Å²) in [5, 5.41) is 9.21. The van der Waals surface area contributed by atoms with Gasteiger partial charge in [0.15, 0.2) is 0 Å². The van der Waals surface area contributed by atoms with Crippen molar-refractivity contribution < 1.29 is 9.90 Å². The van der Waals surface area contributed by atoms with Crippen molar-refractivity contribution in [3.8, 4) is 0 Å². The minimum Gasteiger partial charge on any atom is -0.478 e. The summed E-state index contributed by atoms with van der Waals surface area (Å²) in [6.07, 6.45) is 1.90. The maximum absolute atomic E-state index is 11.2. The second-order valence-electron chi connectivity index (χ2n) is 6.66. The fourth-order valence-electron chi connectivity index (χ4n) is 2.71. The summed E-state index contributed by atoms with van der Waals surface area (Å²) < 4.78 is 0. The first-order valence-electron chi connectivity index (χ1n) is 7.30. The molecule has 1 saturated heterocycles. The number of anilines is 1. The van der Waals surface area contributed by atoms with Gasteiger partial charge in [-0.1, -0.05) is 27.7 Å². The molecule has 4 heteroatoms. The number of carboxylic acid groups (broad SMARTS) is 1. The molecule has 0 radical (unpaired) electrons. The summed E-state index contributed by atoms with van der Waals surface area (Å²) in [5.41, 5.74) is 1.47. The minimum atomic E-state index is -0.880. The van der Waals surface area contributed by atoms with Crippen LogP contribution in [0.2, 0.25) is 0 Å². The third-order valence-corrected chi connectivity index (χ3v) is 4.21. The van der Waals surface area contributed by atoms with Crippen molar-refractivity contribution in [2.24, 2.45) is 11.3 Å². The van der Waals surface area contributed by atoms with Crippen LogP contribution in [0.4, 0.5) is 5.82 Å². The average Bonchev–Trinajstić information content (AvgIpc) is 2.87. The molecule has 20 heavy (non-hydrogen) atoms. The van der Waals surface area contributed by atoms with E-state index >= 15 is 0 Å². The number of hydrogen-bond acceptors (Lipinski definition) is 3. The summed E-state index contributed by atoms with van der Waals surface area (Å²) in [5.74, 6) is 0.561. The van der Waals surface area contributed by atoms with Crippen LogP contribution < -0.4 is 4.90 Å². The highest BCUT2D eigenvalue weighted by molar-refractivity contribution is 5.88. The summed E-state index contributed by atoms with van der Waals surface area (Å²) in [6, 6.07) is 3.37. The molecule has 0 amide bonds. The molecule has 1 fully saturated rings. The van der Waals surface area contributed by atoms with E-state index in [9.17, 15) is 9.90 Å². The average molecular weight is 276 g/mol. The predicted molar refractivity (Wildman–Crippen MR) is 80.3 cm³/mol. The lowest BCUT2D eigenvalue weighted by Crippen LogP contribution is -2.26. The number of nitrogens with zero attached hydrogens (tertiary/aromatic N) is 2. The first-order chi connectivity index (χ1) is 9.31. The molecule has 0 bridgehead atoms. The van der Waals surface area contributed by atoms with E-state index in [4.69, 9.17) is 0 Å². The highest BCUT2D eigenvalue weighted by atomic mass is 16.4. The molecule has 1 atom stereocenters. The SMILES string of the molecule is CCc1cc(C(=O)O)cc(N2CCC(C(C)(C)C)C2)n1. The lowest BCUT2D eigenvalue weighted by Gasteiger charge is -2.27. The second-order valence-corrected chi connectivity index (χ2v) is 6.66. The van der Waals surface area contributed by atoms with Gasteiger partial charge in [0.1, 0.15) is 5.82 Å². The second kappa shape index (κ2) is 5.43. The molecule has 0 aliphatic carbocycles. The Hall–Kier alpha value is -1.58. The van der Waals surface area contributed by atoms with Crippen LogP contribution in [0, 0.1) is 11.3 Å². The van der Waals surface area contributed by atoms with E-state index in [0.717, 1.165) is 37.4 Å². The van der Waals surface area contributed by atoms with Gasteiger partial charge in [-0.2, -0.15) is 0 Å². The molecule has 4 nitrogen and oxygen atoms in total. The van der Waals surface area contributed by atoms with E-state index in [2.05, 4.69) is 30.7 Å². The van der Waals surface area contributed by atoms with Crippen LogP contribution in [-0.2, 0) is 6.42 Å². The molecule has 1 N–H and O–H groups in total. The smallest absolute Gasteiger partial charge is 0.335 e. The van der Waals surface area contributed by atoms with E-state index in [1.54, 1.807) is 12.1 Å². The Balaban J connectivity index is 2.25. The lowest BCUT2D eigenvalue weighted by atomic mass is 9.80. The third-order valence-electron chi connectivity index (χ3n) is 4.21. The number of carboxylic acids is 1. The van der Waals surface area contributed by atoms with E-state index in [1.165, 1.54) is 0 Å². The number of hydrogen-bond donors (Lipinski definition) is 1. The van der Waals surface area contributed by atoms with Crippen molar-refractivity contribution in [1.29, 1.82) is 0 Å². The van der Waals surface area contributed by atoms with Crippen molar-refractivity contribution in [3.05, 3.63) is 23.4 Å². The van der Waals surface area contributed by atoms with Crippen LogP contribution >= 0.6 is 0 Å². The topological polar surface area (TPSA) is 53.4 Å². The molecule has 1 aliphatic heterocycles. The highest BCUT2D eigenvalue weighted by Gasteiger charge is 2.32. The predicted octanol–water partition coefficient (Wildman–Crippen LogP) is 3.21. The van der Waals surface area contributed by atoms with Crippen LogP contribution in [0.15, 0.2) is 12.1 Å². The molecule has 0 aromatic carbocycles. The van der Waals surface area contributed by atoms with Gasteiger partial charge in [-0.3, -0.25) is 0 Å². The summed E-state index contributed by atoms with van der Waals surface area (Å²) in [7, 11) is 0. The van der Waals surface area contributed by atoms with Gasteiger partial charge in [0.05, 0.1) is 5.56 Å². The minimum absolute atomic E-state index is 0.284. The maximum atomic E-state index is 11.2. The van der Waals surface area contributed by atoms with E-state index in [0.29, 0.717) is 11.5 Å². The Morgan fingerprint density at radius 2 is 2.15 bits per heavy atom. The first kappa shape index (κ1) is 14.8. The van der Waals surface area contributed by atoms with Gasteiger partial charge >= 0.3 is 5.97 Å². The molecule has 2 heterocycles. The molecule has 1 aromatic heterocycles. The zero-order chi connectivity index (χ0) is 14.9. The number of aromatic carboxylic acids is 1. The summed E-state index contributed by atoms with van der Waals surface area (Å²) >= 11 is 0. The monoisotopic (exact) mass is 276 g/mol. The van der Waals surface area contributed by atoms with Crippen molar-refractivity contribution in [2.45, 2.75) is 40.5 Å². The molecule has 1 aliphatic rings.